The zero-order chi connectivity index (χ0) is 36.5. The van der Waals surface area contributed by atoms with E-state index in [0.717, 1.165) is 55.4 Å². The number of aromatic nitrogens is 1. The minimum absolute atomic E-state index is 0.0403. The Morgan fingerprint density at radius 1 is 1.04 bits per heavy atom. The van der Waals surface area contributed by atoms with Crippen molar-refractivity contribution in [2.45, 2.75) is 84.2 Å². The summed E-state index contributed by atoms with van der Waals surface area (Å²) in [6.45, 7) is 5.22. The molecule has 4 unspecified atom stereocenters. The van der Waals surface area contributed by atoms with Gasteiger partial charge in [-0.3, -0.25) is 4.79 Å². The molecule has 4 atom stereocenters. The van der Waals surface area contributed by atoms with E-state index >= 15 is 0 Å². The predicted molar refractivity (Wildman–Crippen MR) is 198 cm³/mol. The maximum Gasteiger partial charge on any atom is 0.200 e. The highest BCUT2D eigenvalue weighted by molar-refractivity contribution is 5.83. The van der Waals surface area contributed by atoms with Crippen molar-refractivity contribution in [2.75, 3.05) is 20.3 Å². The average Bonchev–Trinajstić information content (AvgIpc) is 3.78. The number of aliphatic hydroxyl groups excluding tert-OH is 1. The normalized spacial score (nSPS) is 20.0. The molecule has 1 aliphatic heterocycles. The number of carbonyl (C=O) groups is 1. The monoisotopic (exact) mass is 701 g/mol. The second kappa shape index (κ2) is 17.1. The molecule has 0 saturated heterocycles. The molecular weight excluding hydrogens is 646 g/mol. The minimum atomic E-state index is -0.986. The van der Waals surface area contributed by atoms with Crippen molar-refractivity contribution < 1.29 is 34.7 Å². The molecule has 10 nitrogen and oxygen atoms in total. The number of rotatable bonds is 18. The fraction of sp³-hybridized carbons (Fsp3) is 0.488. The van der Waals surface area contributed by atoms with E-state index in [0.29, 0.717) is 55.5 Å². The zero-order valence-electron chi connectivity index (χ0n) is 30.2. The largest absolute Gasteiger partial charge is 0.504 e. The highest BCUT2D eigenvalue weighted by Crippen LogP contribution is 2.57. The number of ether oxygens (including phenoxy) is 2. The van der Waals surface area contributed by atoms with Crippen LogP contribution in [0.25, 0.3) is 0 Å². The lowest BCUT2D eigenvalue weighted by Gasteiger charge is -2.46. The first-order valence-electron chi connectivity index (χ1n) is 18.3. The Hall–Kier alpha value is -4.57. The molecule has 1 saturated carbocycles. The third kappa shape index (κ3) is 9.03. The van der Waals surface area contributed by atoms with Crippen LogP contribution in [0.1, 0.15) is 75.6 Å². The molecule has 3 aromatic rings. The molecule has 5 rings (SSSR count). The second-order valence-electron chi connectivity index (χ2n) is 14.6. The molecule has 1 aromatic heterocycles. The SMILES string of the molecule is COc1cc(CCC(O)C(C(=O)CCc2cc(O)c(O)c(OCCCC(C)C)c2)C2(C3=CCNC(N)=C3)CCCC2Cc2ccc[nH]2)ccc1O. The Balaban J connectivity index is 1.47. The van der Waals surface area contributed by atoms with Crippen molar-refractivity contribution in [3.63, 3.8) is 0 Å². The van der Waals surface area contributed by atoms with Crippen molar-refractivity contribution >= 4 is 5.78 Å². The van der Waals surface area contributed by atoms with E-state index in [4.69, 9.17) is 15.2 Å². The number of phenols is 3. The predicted octanol–water partition coefficient (Wildman–Crippen LogP) is 6.43. The number of nitrogens with two attached hydrogens (primary N) is 1. The Morgan fingerprint density at radius 3 is 2.57 bits per heavy atom. The van der Waals surface area contributed by atoms with Crippen LogP contribution in [-0.2, 0) is 24.1 Å². The number of ketones is 1. The number of aromatic amines is 1. The highest BCUT2D eigenvalue weighted by Gasteiger charge is 2.55. The molecule has 1 fully saturated rings. The summed E-state index contributed by atoms with van der Waals surface area (Å²) in [7, 11) is 1.50. The summed E-state index contributed by atoms with van der Waals surface area (Å²) < 4.78 is 11.2. The molecule has 2 aromatic carbocycles. The first-order valence-corrected chi connectivity index (χ1v) is 18.3. The molecule has 0 amide bonds. The van der Waals surface area contributed by atoms with Crippen LogP contribution in [0.5, 0.6) is 28.7 Å². The van der Waals surface area contributed by atoms with Gasteiger partial charge in [0, 0.05) is 30.3 Å². The van der Waals surface area contributed by atoms with Gasteiger partial charge in [0.15, 0.2) is 23.0 Å². The van der Waals surface area contributed by atoms with E-state index in [2.05, 4.69) is 36.3 Å². The summed E-state index contributed by atoms with van der Waals surface area (Å²) >= 11 is 0. The van der Waals surface area contributed by atoms with E-state index in [1.165, 1.54) is 13.2 Å². The summed E-state index contributed by atoms with van der Waals surface area (Å²) in [5.74, 6) is 0.297. The Morgan fingerprint density at radius 2 is 1.84 bits per heavy atom. The molecule has 51 heavy (non-hydrogen) atoms. The van der Waals surface area contributed by atoms with Crippen molar-refractivity contribution in [1.82, 2.24) is 10.3 Å². The Labute approximate surface area is 301 Å². The van der Waals surface area contributed by atoms with Gasteiger partial charge in [-0.25, -0.2) is 0 Å². The Kier molecular flexibility index (Phi) is 12.6. The molecule has 0 bridgehead atoms. The number of dihydropyridines is 1. The van der Waals surface area contributed by atoms with Crippen LogP contribution < -0.4 is 20.5 Å². The molecule has 0 radical (unpaired) electrons. The smallest absolute Gasteiger partial charge is 0.200 e. The number of phenolic OH excluding ortho intramolecular Hbond substituents is 3. The van der Waals surface area contributed by atoms with Crippen molar-refractivity contribution in [1.29, 1.82) is 0 Å². The van der Waals surface area contributed by atoms with Gasteiger partial charge in [0.2, 0.25) is 5.75 Å². The highest BCUT2D eigenvalue weighted by atomic mass is 16.5. The average molecular weight is 702 g/mol. The molecule has 2 aliphatic rings. The number of methoxy groups -OCH3 is 1. The van der Waals surface area contributed by atoms with Crippen molar-refractivity contribution in [3.8, 4) is 28.7 Å². The maximum atomic E-state index is 14.8. The van der Waals surface area contributed by atoms with E-state index in [1.54, 1.807) is 24.3 Å². The molecular formula is C41H55N3O7. The summed E-state index contributed by atoms with van der Waals surface area (Å²) in [4.78, 5) is 18.2. The summed E-state index contributed by atoms with van der Waals surface area (Å²) in [5, 5.41) is 46.7. The summed E-state index contributed by atoms with van der Waals surface area (Å²) in [6, 6.07) is 12.4. The number of Topliss-reactive ketones (excluding diaryl/α,β-unsaturated/α-hetero) is 1. The number of aliphatic hydroxyl groups is 1. The number of carbonyl (C=O) groups excluding carboxylic acids is 1. The maximum absolute atomic E-state index is 14.8. The lowest BCUT2D eigenvalue weighted by atomic mass is 9.58. The van der Waals surface area contributed by atoms with Gasteiger partial charge in [-0.05, 0) is 122 Å². The fourth-order valence-electron chi connectivity index (χ4n) is 8.20. The number of H-pyrrole nitrogens is 1. The minimum Gasteiger partial charge on any atom is -0.504 e. The third-order valence-corrected chi connectivity index (χ3v) is 10.7. The van der Waals surface area contributed by atoms with E-state index in [1.807, 2.05) is 18.3 Å². The van der Waals surface area contributed by atoms with Crippen LogP contribution in [0.3, 0.4) is 0 Å². The topological polar surface area (TPSA) is 170 Å². The van der Waals surface area contributed by atoms with Crippen LogP contribution in [-0.4, -0.2) is 57.6 Å². The number of nitrogens with one attached hydrogen (secondary N) is 2. The third-order valence-electron chi connectivity index (χ3n) is 10.7. The van der Waals surface area contributed by atoms with Crippen molar-refractivity contribution in [3.05, 3.63) is 89.0 Å². The molecule has 276 valence electrons. The lowest BCUT2D eigenvalue weighted by molar-refractivity contribution is -0.133. The van der Waals surface area contributed by atoms with Crippen LogP contribution in [0.15, 0.2) is 72.2 Å². The molecule has 2 heterocycles. The molecule has 10 heteroatoms. The number of aryl methyl sites for hydroxylation is 2. The number of aromatic hydroxyl groups is 3. The molecule has 1 aliphatic carbocycles. The van der Waals surface area contributed by atoms with Crippen LogP contribution in [0.2, 0.25) is 0 Å². The van der Waals surface area contributed by atoms with E-state index < -0.39 is 17.4 Å². The van der Waals surface area contributed by atoms with Gasteiger partial charge in [0.25, 0.3) is 0 Å². The van der Waals surface area contributed by atoms with Gasteiger partial charge in [-0.1, -0.05) is 32.4 Å². The van der Waals surface area contributed by atoms with Gasteiger partial charge in [0.1, 0.15) is 5.78 Å². The lowest BCUT2D eigenvalue weighted by Crippen LogP contribution is -2.48. The number of hydrogen-bond donors (Lipinski definition) is 7. The van der Waals surface area contributed by atoms with Crippen LogP contribution >= 0.6 is 0 Å². The first kappa shape index (κ1) is 37.7. The Bertz CT molecular complexity index is 1680. The van der Waals surface area contributed by atoms with Crippen molar-refractivity contribution in [2.24, 2.45) is 28.9 Å². The number of allylic oxidation sites excluding steroid dienone is 2. The number of hydrogen-bond acceptors (Lipinski definition) is 9. The first-order chi connectivity index (χ1) is 24.5. The van der Waals surface area contributed by atoms with Gasteiger partial charge in [0.05, 0.1) is 31.6 Å². The summed E-state index contributed by atoms with van der Waals surface area (Å²) in [5.41, 5.74) is 9.28. The van der Waals surface area contributed by atoms with Gasteiger partial charge in [-0.15, -0.1) is 0 Å². The second-order valence-corrected chi connectivity index (χ2v) is 14.6. The quantitative estimate of drug-likeness (QED) is 0.0584. The molecule has 8 N–H and O–H groups in total. The standard InChI is InChI=1S/C41H55N3O7/c1-26(2)7-6-20-51-37-23-28(21-35(48)40(37)49)12-15-34(47)39(33(46)14-11-27-10-13-32(45)36(22-27)50-3)41(30-16-19-44-38(42)25-30)17-4-8-29(41)24-31-9-5-18-43-31/h5,9-10,13,16,18,21-23,25-26,29,33,39,43-46,48-49H,4,6-8,11-12,14-15,17,19-20,24,42H2,1-3H3. The number of benzene rings is 2. The zero-order valence-corrected chi connectivity index (χ0v) is 30.2. The fourth-order valence-corrected chi connectivity index (χ4v) is 8.20. The van der Waals surface area contributed by atoms with Crippen LogP contribution in [0, 0.1) is 23.2 Å². The van der Waals surface area contributed by atoms with E-state index in [9.17, 15) is 25.2 Å². The summed E-state index contributed by atoms with van der Waals surface area (Å²) in [6.07, 6.45) is 11.2. The van der Waals surface area contributed by atoms with Gasteiger partial charge in [-0.2, -0.15) is 0 Å². The van der Waals surface area contributed by atoms with Gasteiger partial charge >= 0.3 is 0 Å². The van der Waals surface area contributed by atoms with E-state index in [-0.39, 0.29) is 41.1 Å². The molecule has 0 spiro atoms. The van der Waals surface area contributed by atoms with Crippen LogP contribution in [0.4, 0.5) is 0 Å². The van der Waals surface area contributed by atoms with Gasteiger partial charge < -0.3 is 45.9 Å².